The Morgan fingerprint density at radius 3 is 2.67 bits per heavy atom. The number of aryl methyl sites for hydroxylation is 4. The van der Waals surface area contributed by atoms with E-state index in [0.717, 1.165) is 53.6 Å². The van der Waals surface area contributed by atoms with Crippen LogP contribution in [-0.2, 0) is 17.6 Å². The molecule has 1 amide bonds. The van der Waals surface area contributed by atoms with Crippen LogP contribution in [0.2, 0.25) is 0 Å². The number of hydrogen-bond donors (Lipinski definition) is 1. The number of nitrogens with one attached hydrogen (secondary N) is 1. The highest BCUT2D eigenvalue weighted by atomic mass is 32.2. The van der Waals surface area contributed by atoms with E-state index < -0.39 is 0 Å². The van der Waals surface area contributed by atoms with Crippen LogP contribution in [0.15, 0.2) is 28.2 Å². The summed E-state index contributed by atoms with van der Waals surface area (Å²) in [6.07, 6.45) is 8.75. The molecule has 5 rings (SSSR count). The van der Waals surface area contributed by atoms with Crippen molar-refractivity contribution in [3.8, 4) is 5.69 Å². The molecule has 1 saturated carbocycles. The van der Waals surface area contributed by atoms with E-state index in [1.807, 2.05) is 13.0 Å². The lowest BCUT2D eigenvalue weighted by Crippen LogP contribution is -2.38. The highest BCUT2D eigenvalue weighted by molar-refractivity contribution is 8.00. The summed E-state index contributed by atoms with van der Waals surface area (Å²) in [5.74, 6) is 0.0263. The van der Waals surface area contributed by atoms with Crippen LogP contribution in [-0.4, -0.2) is 26.8 Å². The minimum atomic E-state index is -0.331. The minimum Gasteiger partial charge on any atom is -0.352 e. The van der Waals surface area contributed by atoms with Gasteiger partial charge in [-0.3, -0.25) is 14.2 Å². The smallest absolute Gasteiger partial charge is 0.267 e. The number of benzene rings is 1. The van der Waals surface area contributed by atoms with Crippen molar-refractivity contribution in [1.82, 2.24) is 14.9 Å². The molecule has 2 aromatic heterocycles. The van der Waals surface area contributed by atoms with Gasteiger partial charge in [-0.1, -0.05) is 30.7 Å². The summed E-state index contributed by atoms with van der Waals surface area (Å²) in [6.45, 7) is 6.05. The van der Waals surface area contributed by atoms with Gasteiger partial charge in [0.1, 0.15) is 4.83 Å². The maximum Gasteiger partial charge on any atom is 0.267 e. The zero-order valence-electron chi connectivity index (χ0n) is 19.6. The molecular formula is C26H31N3O2S2. The van der Waals surface area contributed by atoms with E-state index in [2.05, 4.69) is 31.3 Å². The maximum atomic E-state index is 13.9. The number of fused-ring (bicyclic) bond motifs is 3. The lowest BCUT2D eigenvalue weighted by Gasteiger charge is -2.18. The summed E-state index contributed by atoms with van der Waals surface area (Å²) in [6, 6.07) is 6.37. The van der Waals surface area contributed by atoms with E-state index in [1.54, 1.807) is 15.9 Å². The van der Waals surface area contributed by atoms with Crippen LogP contribution in [0.4, 0.5) is 0 Å². The molecule has 1 aromatic carbocycles. The quantitative estimate of drug-likeness (QED) is 0.387. The number of carbonyl (C=O) groups excluding carboxylic acids is 1. The van der Waals surface area contributed by atoms with Gasteiger partial charge in [0.2, 0.25) is 5.91 Å². The molecule has 0 spiro atoms. The largest absolute Gasteiger partial charge is 0.352 e. The van der Waals surface area contributed by atoms with E-state index in [-0.39, 0.29) is 22.8 Å². The molecule has 2 aliphatic rings. The summed E-state index contributed by atoms with van der Waals surface area (Å²) < 4.78 is 1.74. The molecule has 7 heteroatoms. The molecule has 2 heterocycles. The Morgan fingerprint density at radius 2 is 1.91 bits per heavy atom. The first kappa shape index (κ1) is 22.7. The van der Waals surface area contributed by atoms with E-state index in [0.29, 0.717) is 5.16 Å². The molecule has 33 heavy (non-hydrogen) atoms. The summed E-state index contributed by atoms with van der Waals surface area (Å²) in [5.41, 5.74) is 4.33. The fourth-order valence-corrected chi connectivity index (χ4v) is 7.20. The Hall–Kier alpha value is -2.12. The zero-order chi connectivity index (χ0) is 23.1. The van der Waals surface area contributed by atoms with Gasteiger partial charge in [0, 0.05) is 10.9 Å². The minimum absolute atomic E-state index is 0.00597. The third-order valence-corrected chi connectivity index (χ3v) is 9.30. The molecule has 1 N–H and O–H groups in total. The van der Waals surface area contributed by atoms with Gasteiger partial charge in [0.25, 0.3) is 5.56 Å². The highest BCUT2D eigenvalue weighted by Gasteiger charge is 2.26. The summed E-state index contributed by atoms with van der Waals surface area (Å²) in [7, 11) is 0. The Balaban J connectivity index is 1.59. The second-order valence-corrected chi connectivity index (χ2v) is 11.8. The average molecular weight is 482 g/mol. The van der Waals surface area contributed by atoms with E-state index in [9.17, 15) is 9.59 Å². The first-order chi connectivity index (χ1) is 15.9. The molecule has 0 saturated heterocycles. The predicted molar refractivity (Wildman–Crippen MR) is 137 cm³/mol. The molecule has 5 nitrogen and oxygen atoms in total. The SMILES string of the molecule is Cc1ccc(-n2c(SC(C)C(=O)NC3CCCC3)nc3sc4c(c3c2=O)CCCC4)cc1C. The molecular weight excluding hydrogens is 450 g/mol. The molecule has 0 aliphatic heterocycles. The van der Waals surface area contributed by atoms with Gasteiger partial charge in [-0.2, -0.15) is 0 Å². The van der Waals surface area contributed by atoms with Crippen LogP contribution in [0.1, 0.15) is 67.0 Å². The monoisotopic (exact) mass is 481 g/mol. The van der Waals surface area contributed by atoms with Crippen LogP contribution >= 0.6 is 23.1 Å². The number of thiophene rings is 1. The van der Waals surface area contributed by atoms with Gasteiger partial charge in [-0.15, -0.1) is 11.3 Å². The number of hydrogen-bond acceptors (Lipinski definition) is 5. The van der Waals surface area contributed by atoms with Crippen LogP contribution in [0.25, 0.3) is 15.9 Å². The molecule has 0 radical (unpaired) electrons. The Labute approximate surface area is 203 Å². The first-order valence-corrected chi connectivity index (χ1v) is 13.7. The van der Waals surface area contributed by atoms with Gasteiger partial charge in [-0.25, -0.2) is 4.98 Å². The second kappa shape index (κ2) is 9.26. The van der Waals surface area contributed by atoms with Crippen molar-refractivity contribution >= 4 is 39.2 Å². The highest BCUT2D eigenvalue weighted by Crippen LogP contribution is 2.36. The first-order valence-electron chi connectivity index (χ1n) is 12.0. The summed E-state index contributed by atoms with van der Waals surface area (Å²) in [4.78, 5) is 34.0. The van der Waals surface area contributed by atoms with Crippen molar-refractivity contribution in [2.75, 3.05) is 0 Å². The van der Waals surface area contributed by atoms with E-state index in [1.165, 1.54) is 47.0 Å². The van der Waals surface area contributed by atoms with Crippen molar-refractivity contribution < 1.29 is 4.79 Å². The molecule has 2 aliphatic carbocycles. The molecule has 1 atom stereocenters. The van der Waals surface area contributed by atoms with Crippen molar-refractivity contribution in [3.63, 3.8) is 0 Å². The van der Waals surface area contributed by atoms with Crippen LogP contribution in [0.3, 0.4) is 0 Å². The van der Waals surface area contributed by atoms with Crippen LogP contribution in [0.5, 0.6) is 0 Å². The van der Waals surface area contributed by atoms with E-state index >= 15 is 0 Å². The number of nitrogens with zero attached hydrogens (tertiary/aromatic N) is 2. The molecule has 0 bridgehead atoms. The zero-order valence-corrected chi connectivity index (χ0v) is 21.2. The van der Waals surface area contributed by atoms with Crippen molar-refractivity contribution in [3.05, 3.63) is 50.1 Å². The topological polar surface area (TPSA) is 64.0 Å². The summed E-state index contributed by atoms with van der Waals surface area (Å²) in [5, 5.41) is 4.24. The lowest BCUT2D eigenvalue weighted by atomic mass is 9.97. The average Bonchev–Trinajstić information content (AvgIpc) is 3.43. The second-order valence-electron chi connectivity index (χ2n) is 9.44. The van der Waals surface area contributed by atoms with Gasteiger partial charge in [0.15, 0.2) is 5.16 Å². The fourth-order valence-electron chi connectivity index (χ4n) is 4.96. The van der Waals surface area contributed by atoms with Crippen molar-refractivity contribution in [2.24, 2.45) is 0 Å². The predicted octanol–water partition coefficient (Wildman–Crippen LogP) is 5.48. The normalized spacial score (nSPS) is 17.3. The Kier molecular flexibility index (Phi) is 6.36. The Morgan fingerprint density at radius 1 is 1.15 bits per heavy atom. The standard InChI is InChI=1S/C26H31N3O2S2/c1-15-12-13-19(14-16(15)2)29-25(31)22-20-10-6-7-11-21(20)33-24(22)28-26(29)32-17(3)23(30)27-18-8-4-5-9-18/h12-14,17-18H,4-11H2,1-3H3,(H,27,30). The molecule has 1 unspecified atom stereocenters. The number of aromatic nitrogens is 2. The molecule has 174 valence electrons. The fraction of sp³-hybridized carbons (Fsp3) is 0.500. The third-order valence-electron chi connectivity index (χ3n) is 7.06. The third kappa shape index (κ3) is 4.37. The number of carbonyl (C=O) groups is 1. The van der Waals surface area contributed by atoms with Crippen molar-refractivity contribution in [1.29, 1.82) is 0 Å². The van der Waals surface area contributed by atoms with Gasteiger partial charge >= 0.3 is 0 Å². The number of rotatable bonds is 5. The maximum absolute atomic E-state index is 13.9. The number of amides is 1. The van der Waals surface area contributed by atoms with Crippen molar-refractivity contribution in [2.45, 2.75) is 88.6 Å². The van der Waals surface area contributed by atoms with Crippen LogP contribution in [0, 0.1) is 13.8 Å². The van der Waals surface area contributed by atoms with E-state index in [4.69, 9.17) is 4.98 Å². The Bertz CT molecular complexity index is 1270. The van der Waals surface area contributed by atoms with Gasteiger partial charge in [0.05, 0.1) is 16.3 Å². The summed E-state index contributed by atoms with van der Waals surface area (Å²) >= 11 is 3.05. The molecule has 3 aromatic rings. The lowest BCUT2D eigenvalue weighted by molar-refractivity contribution is -0.120. The van der Waals surface area contributed by atoms with Gasteiger partial charge in [-0.05, 0) is 88.1 Å². The van der Waals surface area contributed by atoms with Gasteiger partial charge < -0.3 is 5.32 Å². The van der Waals surface area contributed by atoms with Crippen LogP contribution < -0.4 is 10.9 Å². The molecule has 1 fully saturated rings. The number of thioether (sulfide) groups is 1.